The fourth-order valence-electron chi connectivity index (χ4n) is 5.57. The van der Waals surface area contributed by atoms with E-state index in [0.717, 1.165) is 27.1 Å². The summed E-state index contributed by atoms with van der Waals surface area (Å²) in [5.74, 6) is 0.186. The van der Waals surface area contributed by atoms with Gasteiger partial charge in [-0.1, -0.05) is 47.7 Å². The highest BCUT2D eigenvalue weighted by atomic mass is 32.1. The Hall–Kier alpha value is -4.95. The van der Waals surface area contributed by atoms with Gasteiger partial charge in [0.2, 0.25) is 0 Å². The van der Waals surface area contributed by atoms with E-state index in [1.54, 1.807) is 18.2 Å². The number of Topliss-reactive ketones (excluding diaryl/α,β-unsaturated/α-hetero) is 1. The van der Waals surface area contributed by atoms with Gasteiger partial charge in [-0.2, -0.15) is 0 Å². The number of carbonyl (C=O) groups is 2. The van der Waals surface area contributed by atoms with Crippen LogP contribution in [0.4, 0.5) is 5.13 Å². The Balaban J connectivity index is 1.38. The average molecular weight is 575 g/mol. The zero-order valence-corrected chi connectivity index (χ0v) is 23.7. The lowest BCUT2D eigenvalue weighted by molar-refractivity contribution is -0.132. The third-order valence-electron chi connectivity index (χ3n) is 7.51. The van der Waals surface area contributed by atoms with E-state index < -0.39 is 17.7 Å². The van der Waals surface area contributed by atoms with E-state index >= 15 is 0 Å². The van der Waals surface area contributed by atoms with E-state index in [1.807, 2.05) is 86.6 Å². The minimum absolute atomic E-state index is 0.000730. The predicted molar refractivity (Wildman–Crippen MR) is 162 cm³/mol. The molecule has 7 rings (SSSR count). The van der Waals surface area contributed by atoms with Crippen LogP contribution in [0, 0.1) is 6.92 Å². The van der Waals surface area contributed by atoms with Crippen molar-refractivity contribution in [3.63, 3.8) is 0 Å². The monoisotopic (exact) mass is 574 g/mol. The van der Waals surface area contributed by atoms with Crippen molar-refractivity contribution < 1.29 is 24.2 Å². The molecule has 5 aromatic rings. The largest absolute Gasteiger partial charge is 0.507 e. The molecule has 2 aliphatic heterocycles. The lowest BCUT2D eigenvalue weighted by Crippen LogP contribution is -2.29. The smallest absolute Gasteiger partial charge is 0.301 e. The second-order valence-corrected chi connectivity index (χ2v) is 11.6. The van der Waals surface area contributed by atoms with E-state index in [0.29, 0.717) is 34.2 Å². The maximum Gasteiger partial charge on any atom is 0.301 e. The lowest BCUT2D eigenvalue weighted by Gasteiger charge is -2.23. The Morgan fingerprint density at radius 3 is 2.62 bits per heavy atom. The van der Waals surface area contributed by atoms with Crippen LogP contribution in [0.15, 0.2) is 96.6 Å². The average Bonchev–Trinajstić information content (AvgIpc) is 3.65. The number of benzene rings is 4. The van der Waals surface area contributed by atoms with Crippen molar-refractivity contribution >= 4 is 44.1 Å². The van der Waals surface area contributed by atoms with E-state index in [-0.39, 0.29) is 17.4 Å². The number of aryl methyl sites for hydroxylation is 1. The summed E-state index contributed by atoms with van der Waals surface area (Å²) in [5, 5.41) is 12.1. The van der Waals surface area contributed by atoms with Crippen LogP contribution in [0.1, 0.15) is 35.2 Å². The number of nitrogens with zero attached hydrogens (tertiary/aromatic N) is 2. The molecule has 208 valence electrons. The SMILES string of the molecule is Cc1ccc2nc(N3C(=O)C(=O)C(=C(O)c4ccc5c(c4)C[C@H](C)O5)[C@H]3c3cccc(Oc4ccccc4)c3)sc2c1. The highest BCUT2D eigenvalue weighted by molar-refractivity contribution is 7.22. The zero-order chi connectivity index (χ0) is 29.0. The standard InChI is InChI=1S/C34H26N2O5S/c1-19-11-13-26-28(15-19)42-34(35-26)36-30(21-7-6-10-25(18-21)41-24-8-4-3-5-9-24)29(32(38)33(36)39)31(37)22-12-14-27-23(17-22)16-20(2)40-27/h3-15,17-18,20,30,37H,16H2,1-2H3/t20-,30+/m0/s1. The van der Waals surface area contributed by atoms with Crippen LogP contribution in [-0.4, -0.2) is 27.9 Å². The first-order valence-electron chi connectivity index (χ1n) is 13.7. The molecular formula is C34H26N2O5S. The minimum atomic E-state index is -0.922. The molecule has 1 fully saturated rings. The summed E-state index contributed by atoms with van der Waals surface area (Å²) in [5.41, 5.74) is 3.80. The molecule has 0 spiro atoms. The van der Waals surface area contributed by atoms with Gasteiger partial charge < -0.3 is 14.6 Å². The summed E-state index contributed by atoms with van der Waals surface area (Å²) >= 11 is 1.34. The first-order chi connectivity index (χ1) is 20.4. The minimum Gasteiger partial charge on any atom is -0.507 e. The topological polar surface area (TPSA) is 89.0 Å². The number of aliphatic hydroxyl groups excluding tert-OH is 1. The number of fused-ring (bicyclic) bond motifs is 2. The highest BCUT2D eigenvalue weighted by Crippen LogP contribution is 2.45. The number of para-hydroxylation sites is 1. The summed E-state index contributed by atoms with van der Waals surface area (Å²) in [4.78, 5) is 33.6. The number of hydrogen-bond donors (Lipinski definition) is 1. The number of aliphatic hydroxyl groups is 1. The van der Waals surface area contributed by atoms with Gasteiger partial charge in [-0.05, 0) is 85.1 Å². The fraction of sp³-hybridized carbons (Fsp3) is 0.147. The van der Waals surface area contributed by atoms with Crippen LogP contribution in [0.3, 0.4) is 0 Å². The maximum atomic E-state index is 13.7. The van der Waals surface area contributed by atoms with Gasteiger partial charge >= 0.3 is 5.91 Å². The first-order valence-corrected chi connectivity index (χ1v) is 14.5. The molecule has 4 aromatic carbocycles. The second-order valence-electron chi connectivity index (χ2n) is 10.6. The maximum absolute atomic E-state index is 13.7. The molecule has 0 radical (unpaired) electrons. The molecule has 0 aliphatic carbocycles. The van der Waals surface area contributed by atoms with Gasteiger partial charge in [0, 0.05) is 12.0 Å². The Morgan fingerprint density at radius 2 is 1.79 bits per heavy atom. The van der Waals surface area contributed by atoms with E-state index in [2.05, 4.69) is 0 Å². The molecule has 1 saturated heterocycles. The van der Waals surface area contributed by atoms with Crippen LogP contribution in [0.25, 0.3) is 16.0 Å². The molecule has 8 heteroatoms. The zero-order valence-electron chi connectivity index (χ0n) is 22.9. The van der Waals surface area contributed by atoms with Crippen molar-refractivity contribution in [2.24, 2.45) is 0 Å². The summed E-state index contributed by atoms with van der Waals surface area (Å²) in [6, 6.07) is 26.9. The summed E-state index contributed by atoms with van der Waals surface area (Å²) in [6.45, 7) is 3.97. The van der Waals surface area contributed by atoms with Crippen LogP contribution < -0.4 is 14.4 Å². The molecule has 1 amide bonds. The quantitative estimate of drug-likeness (QED) is 0.134. The van der Waals surface area contributed by atoms with Crippen molar-refractivity contribution in [2.45, 2.75) is 32.4 Å². The number of rotatable bonds is 5. The molecule has 0 saturated carbocycles. The van der Waals surface area contributed by atoms with Gasteiger partial charge in [0.15, 0.2) is 5.13 Å². The summed E-state index contributed by atoms with van der Waals surface area (Å²) < 4.78 is 12.8. The van der Waals surface area contributed by atoms with Crippen molar-refractivity contribution in [1.82, 2.24) is 4.98 Å². The van der Waals surface area contributed by atoms with Crippen molar-refractivity contribution in [3.05, 3.63) is 119 Å². The van der Waals surface area contributed by atoms with E-state index in [4.69, 9.17) is 14.5 Å². The van der Waals surface area contributed by atoms with E-state index in [9.17, 15) is 14.7 Å². The lowest BCUT2D eigenvalue weighted by atomic mass is 9.94. The predicted octanol–water partition coefficient (Wildman–Crippen LogP) is 7.35. The molecule has 2 aliphatic rings. The van der Waals surface area contributed by atoms with Gasteiger partial charge in [-0.25, -0.2) is 4.98 Å². The summed E-state index contributed by atoms with van der Waals surface area (Å²) in [6.07, 6.45) is 0.719. The first kappa shape index (κ1) is 26.0. The fourth-order valence-corrected chi connectivity index (χ4v) is 6.66. The second kappa shape index (κ2) is 10.2. The third-order valence-corrected chi connectivity index (χ3v) is 8.52. The molecule has 42 heavy (non-hydrogen) atoms. The Labute approximate surface area is 246 Å². The van der Waals surface area contributed by atoms with Crippen LogP contribution in [0.2, 0.25) is 0 Å². The number of carbonyl (C=O) groups excluding carboxylic acids is 2. The number of ketones is 1. The molecular weight excluding hydrogens is 548 g/mol. The van der Waals surface area contributed by atoms with Crippen LogP contribution in [0.5, 0.6) is 17.2 Å². The number of anilines is 1. The van der Waals surface area contributed by atoms with Crippen LogP contribution in [-0.2, 0) is 16.0 Å². The molecule has 1 N–H and O–H groups in total. The Morgan fingerprint density at radius 1 is 0.976 bits per heavy atom. The van der Waals surface area contributed by atoms with Gasteiger partial charge in [0.05, 0.1) is 21.8 Å². The third kappa shape index (κ3) is 4.50. The molecule has 3 heterocycles. The van der Waals surface area contributed by atoms with Crippen molar-refractivity contribution in [3.8, 4) is 17.2 Å². The molecule has 2 atom stereocenters. The molecule has 0 bridgehead atoms. The number of thiazole rings is 1. The van der Waals surface area contributed by atoms with Crippen molar-refractivity contribution in [1.29, 1.82) is 0 Å². The van der Waals surface area contributed by atoms with Gasteiger partial charge in [-0.15, -0.1) is 0 Å². The normalized spacial score (nSPS) is 19.2. The number of amides is 1. The number of aromatic nitrogens is 1. The molecule has 1 aromatic heterocycles. The highest BCUT2D eigenvalue weighted by Gasteiger charge is 2.48. The Kier molecular flexibility index (Phi) is 6.28. The van der Waals surface area contributed by atoms with Crippen LogP contribution >= 0.6 is 11.3 Å². The van der Waals surface area contributed by atoms with Crippen molar-refractivity contribution in [2.75, 3.05) is 4.90 Å². The van der Waals surface area contributed by atoms with E-state index in [1.165, 1.54) is 16.2 Å². The molecule has 0 unspecified atom stereocenters. The van der Waals surface area contributed by atoms with Gasteiger partial charge in [-0.3, -0.25) is 14.5 Å². The van der Waals surface area contributed by atoms with Gasteiger partial charge in [0.25, 0.3) is 5.78 Å². The number of hydrogen-bond acceptors (Lipinski definition) is 7. The van der Waals surface area contributed by atoms with Gasteiger partial charge in [0.1, 0.15) is 29.1 Å². The number of ether oxygens (including phenoxy) is 2. The Bertz CT molecular complexity index is 1910. The molecule has 7 nitrogen and oxygen atoms in total. The summed E-state index contributed by atoms with van der Waals surface area (Å²) in [7, 11) is 0.